The molecule has 0 radical (unpaired) electrons. The Kier molecular flexibility index (Phi) is 37.6. The van der Waals surface area contributed by atoms with Gasteiger partial charge in [-0.05, 0) is 148 Å². The lowest BCUT2D eigenvalue weighted by Crippen LogP contribution is -2.04. The van der Waals surface area contributed by atoms with E-state index in [1.54, 1.807) is 6.33 Å². The summed E-state index contributed by atoms with van der Waals surface area (Å²) in [6.45, 7) is 38.1. The number of rotatable bonds is 6. The summed E-state index contributed by atoms with van der Waals surface area (Å²) in [6, 6.07) is 141. The fraction of sp³-hybridized carbons (Fsp3) is 0.182. The third-order valence-corrected chi connectivity index (χ3v) is 25.0. The van der Waals surface area contributed by atoms with Crippen LogP contribution in [-0.4, -0.2) is 57.3 Å². The molecule has 0 N–H and O–H groups in total. The smallest absolute Gasteiger partial charge is 0.148 e. The van der Waals surface area contributed by atoms with Gasteiger partial charge in [-0.1, -0.05) is 410 Å². The van der Waals surface area contributed by atoms with Gasteiger partial charge in [0, 0.05) is 152 Å². The van der Waals surface area contributed by atoms with E-state index in [0.717, 1.165) is 50.1 Å². The highest BCUT2D eigenvalue weighted by Gasteiger charge is 2.19. The van der Waals surface area contributed by atoms with Crippen LogP contribution in [0.1, 0.15) is 142 Å². The molecule has 12 nitrogen and oxygen atoms in total. The van der Waals surface area contributed by atoms with Crippen molar-refractivity contribution in [2.24, 2.45) is 21.1 Å². The molecule has 0 aliphatic carbocycles. The second kappa shape index (κ2) is 51.6. The van der Waals surface area contributed by atoms with Gasteiger partial charge in [0.1, 0.15) is 12.2 Å². The van der Waals surface area contributed by atoms with Gasteiger partial charge in [0.2, 0.25) is 0 Å². The molecule has 144 heavy (non-hydrogen) atoms. The second-order valence-electron chi connectivity index (χ2n) is 32.3. The van der Waals surface area contributed by atoms with Crippen LogP contribution in [0, 0.1) is 0 Å². The first-order valence-electron chi connectivity index (χ1n) is 51.8. The summed E-state index contributed by atoms with van der Waals surface area (Å²) < 4.78 is 13.8. The Balaban J connectivity index is 0.000000143. The largest absolute Gasteiger partial charge is 0.344 e. The average molecular weight is 1890 g/mol. The number of hydrogen-bond donors (Lipinski definition) is 0. The van der Waals surface area contributed by atoms with Crippen molar-refractivity contribution in [2.75, 3.05) is 0 Å². The van der Waals surface area contributed by atoms with Crippen molar-refractivity contribution in [1.82, 2.24) is 57.3 Å². The molecule has 0 spiro atoms. The molecule has 0 fully saturated rings. The third kappa shape index (κ3) is 22.2. The molecule has 0 unspecified atom stereocenters. The third-order valence-electron chi connectivity index (χ3n) is 25.0. The lowest BCUT2D eigenvalue weighted by Gasteiger charge is -2.10. The number of nitrogens with zero attached hydrogens (tertiary/aromatic N) is 12. The number of hydrogen-bond acceptors (Lipinski definition) is 6. The van der Waals surface area contributed by atoms with Crippen molar-refractivity contribution in [3.63, 3.8) is 0 Å². The van der Waals surface area contributed by atoms with Gasteiger partial charge in [0.15, 0.2) is 0 Å². The summed E-state index contributed by atoms with van der Waals surface area (Å²) in [4.78, 5) is 27.9. The zero-order valence-electron chi connectivity index (χ0n) is 87.8. The van der Waals surface area contributed by atoms with Crippen LogP contribution >= 0.6 is 0 Å². The predicted molar refractivity (Wildman–Crippen MR) is 630 cm³/mol. The minimum atomic E-state index is 0.646. The SMILES string of the molecule is CC.CC.CC.CC.CC.CC.CC.CC.CC.Cn1c2ccccc2c2ccccc21.Cn1c2ccccc2c2ccccc21.Cn1c2ccccc2c2ccccc21.c1ccc2cc3c(cc2c1)c1ccccc1n3Cc1cnc2ccccc2n1.c1ccc2cc3c(cc2c1)c1ccccc1n3Cc1ncc2ccccc2n1.c1ccc2cc3c(cc2c1)c1ccccc1n3Cc1ncnc2ccccc12. The number of benzene rings is 18. The number of para-hydroxylation sites is 13. The van der Waals surface area contributed by atoms with Gasteiger partial charge < -0.3 is 27.4 Å². The maximum atomic E-state index is 4.84. The van der Waals surface area contributed by atoms with Crippen molar-refractivity contribution in [3.8, 4) is 0 Å². The minimum Gasteiger partial charge on any atom is -0.344 e. The number of fused-ring (bicyclic) bond motifs is 24. The van der Waals surface area contributed by atoms with E-state index < -0.39 is 0 Å². The summed E-state index contributed by atoms with van der Waals surface area (Å²) in [5, 5.41) is 25.4. The lowest BCUT2D eigenvalue weighted by molar-refractivity contribution is 0.802. The highest BCUT2D eigenvalue weighted by atomic mass is 15.0. The zero-order chi connectivity index (χ0) is 102. The van der Waals surface area contributed by atoms with Crippen LogP contribution in [0.4, 0.5) is 0 Å². The molecular weight excluding hydrogens is 1750 g/mol. The molecule has 0 aliphatic heterocycles. The van der Waals surface area contributed by atoms with E-state index in [4.69, 9.17) is 9.97 Å². The van der Waals surface area contributed by atoms with Gasteiger partial charge in [-0.2, -0.15) is 0 Å². The summed E-state index contributed by atoms with van der Waals surface area (Å²) >= 11 is 0. The number of aryl methyl sites for hydroxylation is 3. The Morgan fingerprint density at radius 2 is 0.424 bits per heavy atom. The lowest BCUT2D eigenvalue weighted by atomic mass is 10.1. The monoisotopic (exact) mass is 1890 g/mol. The first kappa shape index (κ1) is 105. The molecule has 27 rings (SSSR count). The molecule has 12 heteroatoms. The standard InChI is InChI=1S/3C25H17N3.3C13H11N.9C2H6/c1-2-8-18-14-25-21(13-17(18)7-1)20-9-3-6-12-24(20)28(25)16-19-15-26-22-10-4-5-11-23(22)27-19;1-2-8-18-14-25-21(13-17(18)7-1)19-9-4-6-12-24(19)28(25)15-23-20-10-3-5-11-22(20)26-16-27-23;1-2-8-18-14-24-21(13-17(18)7-1)20-10-4-6-12-23(20)28(24)16-25-26-15-19-9-3-5-11-22(19)27-25;3*1-14-12-8-4-2-6-10(12)11-7-3-5-9-13(11)14;9*1-2/h1-15H,16H2;1-14,16H,15H2;1-15H,16H2;3*2-9H,1H3;9*1-2H3. The minimum absolute atomic E-state index is 0.646. The van der Waals surface area contributed by atoms with Crippen LogP contribution in [0.3, 0.4) is 0 Å². The molecular formula is C132H138N12. The summed E-state index contributed by atoms with van der Waals surface area (Å²) in [7, 11) is 6.35. The van der Waals surface area contributed by atoms with E-state index in [-0.39, 0.29) is 0 Å². The molecule has 18 aromatic carbocycles. The Labute approximate surface area is 849 Å². The number of aromatic nitrogens is 12. The van der Waals surface area contributed by atoms with Gasteiger partial charge in [0.25, 0.3) is 0 Å². The molecule has 9 aromatic heterocycles. The molecule has 0 saturated heterocycles. The van der Waals surface area contributed by atoms with E-state index >= 15 is 0 Å². The van der Waals surface area contributed by atoms with Crippen LogP contribution in [0.25, 0.3) is 196 Å². The summed E-state index contributed by atoms with van der Waals surface area (Å²) in [5.74, 6) is 0.828. The highest BCUT2D eigenvalue weighted by Crippen LogP contribution is 2.39. The van der Waals surface area contributed by atoms with Crippen LogP contribution in [0.2, 0.25) is 0 Å². The fourth-order valence-corrected chi connectivity index (χ4v) is 18.9. The zero-order valence-corrected chi connectivity index (χ0v) is 87.8. The Morgan fingerprint density at radius 1 is 0.174 bits per heavy atom. The van der Waals surface area contributed by atoms with Gasteiger partial charge in [-0.3, -0.25) is 4.98 Å². The van der Waals surface area contributed by atoms with Gasteiger partial charge in [0.05, 0.1) is 75.8 Å². The molecule has 0 atom stereocenters. The van der Waals surface area contributed by atoms with Gasteiger partial charge in [-0.25, -0.2) is 24.9 Å². The van der Waals surface area contributed by atoms with Crippen LogP contribution < -0.4 is 0 Å². The van der Waals surface area contributed by atoms with Crippen molar-refractivity contribution in [1.29, 1.82) is 0 Å². The molecule has 27 aromatic rings. The van der Waals surface area contributed by atoms with E-state index in [2.05, 4.69) is 408 Å². The summed E-state index contributed by atoms with van der Waals surface area (Å²) in [5.41, 5.74) is 21.0. The van der Waals surface area contributed by atoms with Crippen molar-refractivity contribution in [3.05, 3.63) is 436 Å². The fourth-order valence-electron chi connectivity index (χ4n) is 18.9. The molecule has 726 valence electrons. The van der Waals surface area contributed by atoms with Crippen LogP contribution in [0.5, 0.6) is 0 Å². The van der Waals surface area contributed by atoms with Crippen molar-refractivity contribution < 1.29 is 0 Å². The molecule has 0 aliphatic rings. The van der Waals surface area contributed by atoms with Gasteiger partial charge in [-0.15, -0.1) is 0 Å². The maximum Gasteiger partial charge on any atom is 0.148 e. The van der Waals surface area contributed by atoms with Crippen molar-refractivity contribution >= 4 is 196 Å². The second-order valence-corrected chi connectivity index (χ2v) is 32.3. The van der Waals surface area contributed by atoms with E-state index in [1.807, 2.05) is 198 Å². The summed E-state index contributed by atoms with van der Waals surface area (Å²) in [6.07, 6.45) is 5.48. The highest BCUT2D eigenvalue weighted by molar-refractivity contribution is 6.16. The van der Waals surface area contributed by atoms with Crippen molar-refractivity contribution in [2.45, 2.75) is 144 Å². The van der Waals surface area contributed by atoms with E-state index in [9.17, 15) is 0 Å². The van der Waals surface area contributed by atoms with E-state index in [0.29, 0.717) is 19.6 Å². The Bertz CT molecular complexity index is 8190. The van der Waals surface area contributed by atoms with Gasteiger partial charge >= 0.3 is 0 Å². The first-order valence-corrected chi connectivity index (χ1v) is 51.8. The van der Waals surface area contributed by atoms with Crippen LogP contribution in [0.15, 0.2) is 419 Å². The Hall–Kier alpha value is -16.4. The van der Waals surface area contributed by atoms with Crippen LogP contribution in [-0.2, 0) is 40.8 Å². The maximum absolute atomic E-state index is 4.84. The molecule has 0 saturated carbocycles. The average Bonchev–Trinajstić information content (AvgIpc) is 1.59. The normalized spacial score (nSPS) is 10.5. The predicted octanol–water partition coefficient (Wildman–Crippen LogP) is 37.0. The van der Waals surface area contributed by atoms with E-state index in [1.165, 1.54) is 163 Å². The topological polar surface area (TPSA) is 107 Å². The quantitative estimate of drug-likeness (QED) is 0.164. The molecule has 9 heterocycles. The molecule has 0 amide bonds. The first-order chi connectivity index (χ1) is 71.2. The molecule has 0 bridgehead atoms. The Morgan fingerprint density at radius 3 is 0.764 bits per heavy atom.